The van der Waals surface area contributed by atoms with E-state index in [4.69, 9.17) is 0 Å². The van der Waals surface area contributed by atoms with Crippen molar-refractivity contribution < 1.29 is 9.18 Å². The van der Waals surface area contributed by atoms with Crippen LogP contribution in [-0.4, -0.2) is 39.0 Å². The third-order valence-electron chi connectivity index (χ3n) is 5.36. The normalized spacial score (nSPS) is 15.4. The van der Waals surface area contributed by atoms with Crippen LogP contribution in [-0.2, 0) is 0 Å². The van der Waals surface area contributed by atoms with Crippen molar-refractivity contribution in [2.45, 2.75) is 38.6 Å². The van der Waals surface area contributed by atoms with E-state index < -0.39 is 0 Å². The van der Waals surface area contributed by atoms with Gasteiger partial charge in [0.1, 0.15) is 11.3 Å². The summed E-state index contributed by atoms with van der Waals surface area (Å²) in [5.41, 5.74) is 3.44. The first-order chi connectivity index (χ1) is 13.5. The Balaban J connectivity index is 1.37. The van der Waals surface area contributed by atoms with Gasteiger partial charge in [-0.05, 0) is 48.6 Å². The molecular weight excluding hydrogens is 357 g/mol. The highest BCUT2D eigenvalue weighted by Crippen LogP contribution is 2.26. The number of carbonyl (C=O) groups excluding carboxylic acids is 1. The molecule has 0 aliphatic carbocycles. The van der Waals surface area contributed by atoms with Gasteiger partial charge in [0.15, 0.2) is 0 Å². The van der Waals surface area contributed by atoms with E-state index in [1.807, 2.05) is 33.8 Å². The number of nitrogens with one attached hydrogen (secondary N) is 1. The molecule has 4 rings (SSSR count). The van der Waals surface area contributed by atoms with E-state index in [0.717, 1.165) is 24.0 Å². The maximum absolute atomic E-state index is 13.3. The Morgan fingerprint density at radius 2 is 1.86 bits per heavy atom. The number of fused-ring (bicyclic) bond motifs is 1. The lowest BCUT2D eigenvalue weighted by atomic mass is 10.0. The number of aromatic nitrogens is 3. The van der Waals surface area contributed by atoms with Crippen LogP contribution in [0, 0.1) is 5.82 Å². The van der Waals surface area contributed by atoms with E-state index in [2.05, 4.69) is 29.5 Å². The molecule has 1 aliphatic rings. The van der Waals surface area contributed by atoms with Crippen LogP contribution in [0.25, 0.3) is 11.0 Å². The quantitative estimate of drug-likeness (QED) is 0.723. The second-order valence-corrected chi connectivity index (χ2v) is 7.59. The molecule has 2 amide bonds. The number of piperidine rings is 1. The lowest BCUT2D eigenvalue weighted by molar-refractivity contribution is 0.181. The molecule has 2 heterocycles. The molecule has 146 valence electrons. The number of rotatable bonds is 3. The molecule has 0 radical (unpaired) electrons. The fraction of sp³-hybridized carbons (Fsp3) is 0.381. The summed E-state index contributed by atoms with van der Waals surface area (Å²) in [7, 11) is 0. The number of hydrogen-bond donors (Lipinski definition) is 1. The van der Waals surface area contributed by atoms with E-state index in [1.54, 1.807) is 6.07 Å². The maximum Gasteiger partial charge on any atom is 0.321 e. The van der Waals surface area contributed by atoms with E-state index in [0.29, 0.717) is 24.5 Å². The molecule has 1 saturated heterocycles. The number of nitrogens with zero attached hydrogens (tertiary/aromatic N) is 4. The molecule has 0 spiro atoms. The molecule has 7 heteroatoms. The van der Waals surface area contributed by atoms with Gasteiger partial charge in [0, 0.05) is 24.8 Å². The fourth-order valence-corrected chi connectivity index (χ4v) is 3.65. The van der Waals surface area contributed by atoms with Crippen molar-refractivity contribution >= 4 is 22.8 Å². The van der Waals surface area contributed by atoms with Crippen LogP contribution in [0.1, 0.15) is 44.2 Å². The Morgan fingerprint density at radius 3 is 2.54 bits per heavy atom. The predicted octanol–water partition coefficient (Wildman–Crippen LogP) is 4.56. The highest BCUT2D eigenvalue weighted by atomic mass is 19.1. The highest BCUT2D eigenvalue weighted by molar-refractivity contribution is 5.89. The van der Waals surface area contributed by atoms with Gasteiger partial charge in [-0.25, -0.2) is 13.9 Å². The van der Waals surface area contributed by atoms with Gasteiger partial charge in [0.25, 0.3) is 0 Å². The molecule has 2 aromatic carbocycles. The molecule has 0 atom stereocenters. The minimum atomic E-state index is -0.313. The lowest BCUT2D eigenvalue weighted by Gasteiger charge is -2.32. The van der Waals surface area contributed by atoms with Gasteiger partial charge < -0.3 is 10.2 Å². The van der Waals surface area contributed by atoms with Gasteiger partial charge in [-0.2, -0.15) is 0 Å². The predicted molar refractivity (Wildman–Crippen MR) is 107 cm³/mol. The Morgan fingerprint density at radius 1 is 1.14 bits per heavy atom. The molecule has 1 N–H and O–H groups in total. The largest absolute Gasteiger partial charge is 0.324 e. The van der Waals surface area contributed by atoms with Gasteiger partial charge in [0.2, 0.25) is 0 Å². The molecule has 3 aromatic rings. The molecule has 0 bridgehead atoms. The van der Waals surface area contributed by atoms with Crippen molar-refractivity contribution in [2.75, 3.05) is 18.4 Å². The molecule has 28 heavy (non-hydrogen) atoms. The third-order valence-corrected chi connectivity index (χ3v) is 5.36. The zero-order valence-corrected chi connectivity index (χ0v) is 16.1. The van der Waals surface area contributed by atoms with Crippen LogP contribution < -0.4 is 5.32 Å². The number of benzene rings is 2. The van der Waals surface area contributed by atoms with Crippen LogP contribution >= 0.6 is 0 Å². The Bertz CT molecular complexity index is 974. The maximum atomic E-state index is 13.3. The first-order valence-corrected chi connectivity index (χ1v) is 9.67. The zero-order chi connectivity index (χ0) is 19.7. The van der Waals surface area contributed by atoms with Crippen LogP contribution in [0.4, 0.5) is 14.9 Å². The minimum Gasteiger partial charge on any atom is -0.324 e. The molecule has 1 aliphatic heterocycles. The number of carbonyl (C=O) groups is 1. The Kier molecular flexibility index (Phi) is 4.98. The standard InChI is InChI=1S/C21H24FN5O/c1-14(2)15-3-6-17(7-4-15)23-21(28)26-11-9-18(10-12-26)27-20-8-5-16(22)13-19(20)24-25-27/h3-8,13-14,18H,9-12H2,1-2H3,(H,23,28). The van der Waals surface area contributed by atoms with Crippen LogP contribution in [0.5, 0.6) is 0 Å². The molecule has 1 aromatic heterocycles. The van der Waals surface area contributed by atoms with Crippen LogP contribution in [0.2, 0.25) is 0 Å². The monoisotopic (exact) mass is 381 g/mol. The second kappa shape index (κ2) is 7.58. The minimum absolute atomic E-state index is 0.0822. The van der Waals surface area contributed by atoms with Crippen LogP contribution in [0.3, 0.4) is 0 Å². The SMILES string of the molecule is CC(C)c1ccc(NC(=O)N2CCC(n3nnc4cc(F)ccc43)CC2)cc1. The zero-order valence-electron chi connectivity index (χ0n) is 16.1. The topological polar surface area (TPSA) is 63.1 Å². The van der Waals surface area contributed by atoms with E-state index in [9.17, 15) is 9.18 Å². The summed E-state index contributed by atoms with van der Waals surface area (Å²) in [5, 5.41) is 11.2. The molecule has 0 saturated carbocycles. The van der Waals surface area contributed by atoms with Gasteiger partial charge >= 0.3 is 6.03 Å². The number of likely N-dealkylation sites (tertiary alicyclic amines) is 1. The summed E-state index contributed by atoms with van der Waals surface area (Å²) < 4.78 is 15.2. The van der Waals surface area contributed by atoms with E-state index in [-0.39, 0.29) is 17.9 Å². The van der Waals surface area contributed by atoms with Crippen LogP contribution in [0.15, 0.2) is 42.5 Å². The summed E-state index contributed by atoms with van der Waals surface area (Å²) in [6.45, 7) is 5.57. The average Bonchev–Trinajstić information content (AvgIpc) is 3.11. The Labute approximate surface area is 163 Å². The van der Waals surface area contributed by atoms with Crippen molar-refractivity contribution in [3.63, 3.8) is 0 Å². The summed E-state index contributed by atoms with van der Waals surface area (Å²) in [4.78, 5) is 14.4. The number of halogens is 1. The van der Waals surface area contributed by atoms with Crippen molar-refractivity contribution in [1.29, 1.82) is 0 Å². The third kappa shape index (κ3) is 3.69. The van der Waals surface area contributed by atoms with Gasteiger partial charge in [-0.3, -0.25) is 0 Å². The highest BCUT2D eigenvalue weighted by Gasteiger charge is 2.25. The summed E-state index contributed by atoms with van der Waals surface area (Å²) in [6, 6.07) is 12.6. The van der Waals surface area contributed by atoms with Crippen molar-refractivity contribution in [1.82, 2.24) is 19.9 Å². The summed E-state index contributed by atoms with van der Waals surface area (Å²) >= 11 is 0. The smallest absolute Gasteiger partial charge is 0.321 e. The fourth-order valence-electron chi connectivity index (χ4n) is 3.65. The number of anilines is 1. The van der Waals surface area contributed by atoms with Gasteiger partial charge in [-0.1, -0.05) is 31.2 Å². The molecule has 1 fully saturated rings. The Hall–Kier alpha value is -2.96. The lowest BCUT2D eigenvalue weighted by Crippen LogP contribution is -2.41. The van der Waals surface area contributed by atoms with Gasteiger partial charge in [0.05, 0.1) is 11.6 Å². The molecular formula is C21H24FN5O. The number of amides is 2. The molecule has 0 unspecified atom stereocenters. The molecule has 6 nitrogen and oxygen atoms in total. The summed E-state index contributed by atoms with van der Waals surface area (Å²) in [5.74, 6) is 0.153. The summed E-state index contributed by atoms with van der Waals surface area (Å²) in [6.07, 6.45) is 1.57. The van der Waals surface area contributed by atoms with E-state index in [1.165, 1.54) is 17.7 Å². The number of hydrogen-bond acceptors (Lipinski definition) is 3. The second-order valence-electron chi connectivity index (χ2n) is 7.59. The number of urea groups is 1. The first-order valence-electron chi connectivity index (χ1n) is 9.67. The van der Waals surface area contributed by atoms with Crippen molar-refractivity contribution in [2.24, 2.45) is 0 Å². The average molecular weight is 381 g/mol. The van der Waals surface area contributed by atoms with Crippen molar-refractivity contribution in [3.05, 3.63) is 53.8 Å². The van der Waals surface area contributed by atoms with Gasteiger partial charge in [-0.15, -0.1) is 5.10 Å². The van der Waals surface area contributed by atoms with Crippen molar-refractivity contribution in [3.8, 4) is 0 Å². The first kappa shape index (κ1) is 18.4. The van der Waals surface area contributed by atoms with E-state index >= 15 is 0 Å².